The zero-order chi connectivity index (χ0) is 8.15. The molecule has 0 heterocycles. The Balaban J connectivity index is 3.34. The maximum absolute atomic E-state index is 5.62. The molecule has 0 nitrogen and oxygen atoms in total. The number of alkyl halides is 4. The molecule has 62 valence electrons. The van der Waals surface area contributed by atoms with E-state index in [9.17, 15) is 0 Å². The predicted octanol–water partition coefficient (Wildman–Crippen LogP) is 1.61. The van der Waals surface area contributed by atoms with Crippen molar-refractivity contribution in [1.29, 1.82) is 0 Å². The second kappa shape index (κ2) is 6.15. The van der Waals surface area contributed by atoms with E-state index in [0.717, 1.165) is 0 Å². The van der Waals surface area contributed by atoms with Crippen molar-refractivity contribution in [1.82, 2.24) is 0 Å². The third kappa shape index (κ3) is 7.70. The molecule has 0 bridgehead atoms. The van der Waals surface area contributed by atoms with Gasteiger partial charge >= 0.3 is 0 Å². The maximum Gasteiger partial charge on any atom is 0.0907 e. The summed E-state index contributed by atoms with van der Waals surface area (Å²) in [4.78, 5) is 0. The Kier molecular flexibility index (Phi) is 7.13. The summed E-state index contributed by atoms with van der Waals surface area (Å²) in [5.74, 6) is 0. The summed E-state index contributed by atoms with van der Waals surface area (Å²) >= 11 is 22.5. The summed E-state index contributed by atoms with van der Waals surface area (Å²) in [5.41, 5.74) is 0. The van der Waals surface area contributed by atoms with Crippen molar-refractivity contribution in [2.45, 2.75) is 21.0 Å². The van der Waals surface area contributed by atoms with E-state index in [1.54, 1.807) is 0 Å². The van der Waals surface area contributed by atoms with Crippen molar-refractivity contribution in [2.24, 2.45) is 0 Å². The van der Waals surface area contributed by atoms with E-state index < -0.39 is 0 Å². The Labute approximate surface area is 86.2 Å². The first-order chi connectivity index (χ1) is 4.52. The van der Waals surface area contributed by atoms with Gasteiger partial charge in [0.05, 0.1) is 28.0 Å². The number of rotatable bonds is 4. The van der Waals surface area contributed by atoms with Crippen molar-refractivity contribution in [2.75, 3.05) is 0 Å². The second-order valence-electron chi connectivity index (χ2n) is 2.36. The van der Waals surface area contributed by atoms with Gasteiger partial charge in [0, 0.05) is 0 Å². The molecule has 0 atom stereocenters. The van der Waals surface area contributed by atoms with Crippen LogP contribution in [0.1, 0.15) is 6.92 Å². The zero-order valence-corrected chi connectivity index (χ0v) is 11.5. The van der Waals surface area contributed by atoms with Gasteiger partial charge in [-0.25, -0.2) is 0 Å². The Morgan fingerprint density at radius 2 is 1.20 bits per heavy atom. The van der Waals surface area contributed by atoms with Crippen LogP contribution >= 0.6 is 46.4 Å². The molecule has 0 aromatic carbocycles. The topological polar surface area (TPSA) is 0 Å². The van der Waals surface area contributed by atoms with Gasteiger partial charge in [-0.1, -0.05) is 12.1 Å². The molecule has 0 saturated heterocycles. The van der Waals surface area contributed by atoms with Crippen molar-refractivity contribution in [3.63, 3.8) is 0 Å². The smallest absolute Gasteiger partial charge is 0.0907 e. The lowest BCUT2D eigenvalue weighted by atomic mass is 10.9. The molecular formula is C4H10Cl4Si2. The highest BCUT2D eigenvalue weighted by Gasteiger charge is 2.12. The molecule has 0 saturated carbocycles. The molecule has 0 amide bonds. The van der Waals surface area contributed by atoms with Gasteiger partial charge < -0.3 is 0 Å². The largest absolute Gasteiger partial charge is 0.110 e. The molecular weight excluding hydrogens is 246 g/mol. The van der Waals surface area contributed by atoms with Gasteiger partial charge in [-0.15, -0.1) is 46.4 Å². The van der Waals surface area contributed by atoms with Gasteiger partial charge in [-0.05, 0) is 0 Å². The molecule has 0 spiro atoms. The monoisotopic (exact) mass is 254 g/mol. The first-order valence-electron chi connectivity index (χ1n) is 3.08. The first-order valence-corrected chi connectivity index (χ1v) is 8.09. The van der Waals surface area contributed by atoms with Crippen LogP contribution < -0.4 is 0 Å². The van der Waals surface area contributed by atoms with E-state index in [0.29, 0.717) is 5.16 Å². The molecule has 0 rings (SSSR count). The van der Waals surface area contributed by atoms with Crippen LogP contribution in [0.2, 0.25) is 5.16 Å². The number of halogens is 4. The minimum atomic E-state index is -0.349. The van der Waals surface area contributed by atoms with E-state index >= 15 is 0 Å². The summed E-state index contributed by atoms with van der Waals surface area (Å²) in [6.45, 7) is 2.15. The van der Waals surface area contributed by atoms with Gasteiger partial charge in [0.15, 0.2) is 0 Å². The van der Waals surface area contributed by atoms with Crippen LogP contribution in [0.3, 0.4) is 0 Å². The number of hydrogen-bond acceptors (Lipinski definition) is 0. The van der Waals surface area contributed by atoms with E-state index in [2.05, 4.69) is 6.92 Å². The standard InChI is InChI=1S/C4H10Cl4Si2/c1-2(9-3(5)6)10-4(7)8/h2-4H,9-10H2,1H3. The van der Waals surface area contributed by atoms with Crippen molar-refractivity contribution >= 4 is 65.4 Å². The molecule has 0 radical (unpaired) electrons. The third-order valence-electron chi connectivity index (χ3n) is 1.16. The quantitative estimate of drug-likeness (QED) is 0.529. The van der Waals surface area contributed by atoms with Gasteiger partial charge in [-0.3, -0.25) is 0 Å². The SMILES string of the molecule is CC([SiH2]C(Cl)Cl)[SiH2]C(Cl)Cl. The summed E-state index contributed by atoms with van der Waals surface area (Å²) in [6.07, 6.45) is 0. The molecule has 0 unspecified atom stereocenters. The average molecular weight is 256 g/mol. The second-order valence-corrected chi connectivity index (χ2v) is 13.5. The van der Waals surface area contributed by atoms with E-state index in [1.165, 1.54) is 0 Å². The van der Waals surface area contributed by atoms with E-state index in [4.69, 9.17) is 46.4 Å². The van der Waals surface area contributed by atoms with Crippen molar-refractivity contribution in [3.05, 3.63) is 0 Å². The molecule has 10 heavy (non-hydrogen) atoms. The summed E-state index contributed by atoms with van der Waals surface area (Å²) < 4.78 is -0.260. The Morgan fingerprint density at radius 1 is 0.900 bits per heavy atom. The van der Waals surface area contributed by atoms with Crippen LogP contribution in [-0.2, 0) is 0 Å². The third-order valence-corrected chi connectivity index (χ3v) is 7.62. The van der Waals surface area contributed by atoms with E-state index in [1.807, 2.05) is 0 Å². The van der Waals surface area contributed by atoms with Gasteiger partial charge in [0.25, 0.3) is 0 Å². The molecule has 0 aliphatic rings. The molecule has 0 aromatic heterocycles. The van der Waals surface area contributed by atoms with Crippen LogP contribution in [0.15, 0.2) is 0 Å². The van der Waals surface area contributed by atoms with Crippen LogP contribution in [0, 0.1) is 0 Å². The predicted molar refractivity (Wildman–Crippen MR) is 57.5 cm³/mol. The average Bonchev–Trinajstić information content (AvgIpc) is 1.58. The first kappa shape index (κ1) is 11.6. The zero-order valence-electron chi connectivity index (χ0n) is 5.66. The Bertz CT molecular complexity index is 77.3. The van der Waals surface area contributed by atoms with Crippen LogP contribution in [-0.4, -0.2) is 28.0 Å². The molecule has 0 fully saturated rings. The molecule has 0 N–H and O–H groups in total. The molecule has 0 aliphatic carbocycles. The fourth-order valence-electron chi connectivity index (χ4n) is 0.705. The minimum Gasteiger partial charge on any atom is -0.110 e. The van der Waals surface area contributed by atoms with E-state index in [-0.39, 0.29) is 28.0 Å². The van der Waals surface area contributed by atoms with Gasteiger partial charge in [0.2, 0.25) is 0 Å². The normalized spacial score (nSPS) is 17.1. The van der Waals surface area contributed by atoms with Gasteiger partial charge in [0.1, 0.15) is 0 Å². The fourth-order valence-corrected chi connectivity index (χ4v) is 10.9. The minimum absolute atomic E-state index is 0.130. The summed E-state index contributed by atoms with van der Waals surface area (Å²) in [7, 11) is -0.697. The summed E-state index contributed by atoms with van der Waals surface area (Å²) in [5, 5.41) is 0.667. The Hall–Kier alpha value is 1.59. The maximum atomic E-state index is 5.62. The summed E-state index contributed by atoms with van der Waals surface area (Å²) in [6, 6.07) is 0. The highest BCUT2D eigenvalue weighted by atomic mass is 35.5. The lowest BCUT2D eigenvalue weighted by molar-refractivity contribution is 1.29. The Morgan fingerprint density at radius 3 is 1.40 bits per heavy atom. The molecule has 0 aliphatic heterocycles. The van der Waals surface area contributed by atoms with Crippen LogP contribution in [0.4, 0.5) is 0 Å². The van der Waals surface area contributed by atoms with Crippen molar-refractivity contribution in [3.8, 4) is 0 Å². The van der Waals surface area contributed by atoms with Crippen LogP contribution in [0.25, 0.3) is 0 Å². The lowest BCUT2D eigenvalue weighted by Crippen LogP contribution is -2.18. The van der Waals surface area contributed by atoms with Crippen LogP contribution in [0.5, 0.6) is 0 Å². The highest BCUT2D eigenvalue weighted by molar-refractivity contribution is 6.80. The van der Waals surface area contributed by atoms with Gasteiger partial charge in [-0.2, -0.15) is 0 Å². The molecule has 6 heteroatoms. The number of hydrogen-bond donors (Lipinski definition) is 0. The molecule has 0 aromatic rings. The highest BCUT2D eigenvalue weighted by Crippen LogP contribution is 2.13. The fraction of sp³-hybridized carbons (Fsp3) is 1.00. The van der Waals surface area contributed by atoms with Crippen molar-refractivity contribution < 1.29 is 0 Å². The lowest BCUT2D eigenvalue weighted by Gasteiger charge is -2.09.